The third-order valence-corrected chi connectivity index (χ3v) is 2.61. The molecule has 1 N–H and O–H groups in total. The zero-order valence-electron chi connectivity index (χ0n) is 10.6. The van der Waals surface area contributed by atoms with Crippen LogP contribution in [0.2, 0.25) is 0 Å². The number of benzene rings is 1. The maximum absolute atomic E-state index is 11.6. The fourth-order valence-corrected chi connectivity index (χ4v) is 1.65. The van der Waals surface area contributed by atoms with Gasteiger partial charge in [0, 0.05) is 24.6 Å². The highest BCUT2D eigenvalue weighted by Crippen LogP contribution is 2.17. The van der Waals surface area contributed by atoms with E-state index in [1.54, 1.807) is 18.2 Å². The van der Waals surface area contributed by atoms with E-state index < -0.39 is 4.92 Å². The largest absolute Gasteiger partial charge is 0.356 e. The van der Waals surface area contributed by atoms with Gasteiger partial charge >= 0.3 is 0 Å². The quantitative estimate of drug-likeness (QED) is 0.353. The average Bonchev–Trinajstić information content (AvgIpc) is 2.39. The van der Waals surface area contributed by atoms with Crippen LogP contribution in [-0.2, 0) is 11.2 Å². The van der Waals surface area contributed by atoms with Crippen molar-refractivity contribution in [1.82, 2.24) is 5.32 Å². The molecule has 1 amide bonds. The van der Waals surface area contributed by atoms with E-state index >= 15 is 0 Å². The topological polar surface area (TPSA) is 72.2 Å². The van der Waals surface area contributed by atoms with Crippen LogP contribution >= 0.6 is 0 Å². The number of hydrogen-bond donors (Lipinski definition) is 1. The van der Waals surface area contributed by atoms with E-state index in [0.29, 0.717) is 18.5 Å². The van der Waals surface area contributed by atoms with Gasteiger partial charge in [-0.05, 0) is 12.8 Å². The molecule has 0 aliphatic rings. The molecule has 19 heavy (non-hydrogen) atoms. The van der Waals surface area contributed by atoms with Crippen molar-refractivity contribution in [3.63, 3.8) is 0 Å². The summed E-state index contributed by atoms with van der Waals surface area (Å²) in [6.07, 6.45) is 7.51. The van der Waals surface area contributed by atoms with Gasteiger partial charge in [0.05, 0.1) is 11.3 Å². The van der Waals surface area contributed by atoms with Crippen LogP contribution < -0.4 is 5.32 Å². The van der Waals surface area contributed by atoms with Crippen molar-refractivity contribution in [3.8, 4) is 12.3 Å². The molecule has 5 nitrogen and oxygen atoms in total. The smallest absolute Gasteiger partial charge is 0.273 e. The van der Waals surface area contributed by atoms with Gasteiger partial charge in [-0.2, -0.15) is 0 Å². The van der Waals surface area contributed by atoms with Gasteiger partial charge in [-0.3, -0.25) is 14.9 Å². The molecule has 0 bridgehead atoms. The van der Waals surface area contributed by atoms with Crippen molar-refractivity contribution >= 4 is 11.6 Å². The molecule has 0 aliphatic carbocycles. The Morgan fingerprint density at radius 3 is 2.79 bits per heavy atom. The average molecular weight is 260 g/mol. The Morgan fingerprint density at radius 2 is 2.11 bits per heavy atom. The van der Waals surface area contributed by atoms with E-state index in [-0.39, 0.29) is 18.0 Å². The molecule has 5 heteroatoms. The molecule has 1 aromatic rings. The molecule has 0 heterocycles. The molecule has 1 aromatic carbocycles. The minimum Gasteiger partial charge on any atom is -0.356 e. The van der Waals surface area contributed by atoms with Crippen molar-refractivity contribution < 1.29 is 9.72 Å². The molecule has 0 aliphatic heterocycles. The fourth-order valence-electron chi connectivity index (χ4n) is 1.65. The number of carbonyl (C=O) groups excluding carboxylic acids is 1. The van der Waals surface area contributed by atoms with Gasteiger partial charge < -0.3 is 5.32 Å². The Balaban J connectivity index is 2.45. The highest BCUT2D eigenvalue weighted by atomic mass is 16.6. The third-order valence-electron chi connectivity index (χ3n) is 2.61. The summed E-state index contributed by atoms with van der Waals surface area (Å²) in [5, 5.41) is 13.5. The van der Waals surface area contributed by atoms with Gasteiger partial charge in [-0.25, -0.2) is 0 Å². The Bertz CT molecular complexity index is 492. The van der Waals surface area contributed by atoms with Gasteiger partial charge in [0.1, 0.15) is 0 Å². The van der Waals surface area contributed by atoms with Gasteiger partial charge in [0.25, 0.3) is 5.69 Å². The fraction of sp³-hybridized carbons (Fsp3) is 0.357. The Kier molecular flexibility index (Phi) is 6.10. The lowest BCUT2D eigenvalue weighted by atomic mass is 10.1. The lowest BCUT2D eigenvalue weighted by Gasteiger charge is -2.05. The molecule has 0 fully saturated rings. The zero-order valence-corrected chi connectivity index (χ0v) is 10.6. The Labute approximate surface area is 112 Å². The molecule has 0 aromatic heterocycles. The SMILES string of the molecule is C#CCCCCNC(=O)Cc1ccccc1[N+](=O)[O-]. The first-order valence-electron chi connectivity index (χ1n) is 6.07. The Morgan fingerprint density at radius 1 is 1.37 bits per heavy atom. The number of rotatable bonds is 7. The molecule has 100 valence electrons. The van der Waals surface area contributed by atoms with E-state index in [9.17, 15) is 14.9 Å². The molecule has 0 saturated carbocycles. The highest BCUT2D eigenvalue weighted by Gasteiger charge is 2.14. The Hall–Kier alpha value is -2.35. The van der Waals surface area contributed by atoms with Gasteiger partial charge in [-0.1, -0.05) is 18.2 Å². The minimum atomic E-state index is -0.477. The molecule has 0 spiro atoms. The first kappa shape index (κ1) is 14.7. The second kappa shape index (κ2) is 7.88. The maximum Gasteiger partial charge on any atom is 0.273 e. The third kappa shape index (κ3) is 5.21. The van der Waals surface area contributed by atoms with Crippen molar-refractivity contribution in [2.45, 2.75) is 25.7 Å². The van der Waals surface area contributed by atoms with Crippen LogP contribution in [0.25, 0.3) is 0 Å². The van der Waals surface area contributed by atoms with Gasteiger partial charge in [0.2, 0.25) is 5.91 Å². The van der Waals surface area contributed by atoms with Gasteiger partial charge in [0.15, 0.2) is 0 Å². The summed E-state index contributed by atoms with van der Waals surface area (Å²) in [5.74, 6) is 2.31. The molecular weight excluding hydrogens is 244 g/mol. The van der Waals surface area contributed by atoms with Crippen LogP contribution in [-0.4, -0.2) is 17.4 Å². The summed E-state index contributed by atoms with van der Waals surface area (Å²) in [6, 6.07) is 6.26. The van der Waals surface area contributed by atoms with Crippen LogP contribution in [0.15, 0.2) is 24.3 Å². The number of nitrogens with one attached hydrogen (secondary N) is 1. The second-order valence-electron chi connectivity index (χ2n) is 4.07. The number of amides is 1. The zero-order chi connectivity index (χ0) is 14.1. The summed E-state index contributed by atoms with van der Waals surface area (Å²) in [5.41, 5.74) is 0.401. The number of hydrogen-bond acceptors (Lipinski definition) is 3. The number of unbranched alkanes of at least 4 members (excludes halogenated alkanes) is 2. The molecule has 1 rings (SSSR count). The van der Waals surface area contributed by atoms with E-state index in [2.05, 4.69) is 11.2 Å². The number of carbonyl (C=O) groups is 1. The lowest BCUT2D eigenvalue weighted by molar-refractivity contribution is -0.385. The number of nitro groups is 1. The van der Waals surface area contributed by atoms with Crippen molar-refractivity contribution in [2.75, 3.05) is 6.54 Å². The van der Waals surface area contributed by atoms with Crippen molar-refractivity contribution in [1.29, 1.82) is 0 Å². The standard InChI is InChI=1S/C14H16N2O3/c1-2-3-4-7-10-15-14(17)11-12-8-5-6-9-13(12)16(18)19/h1,5-6,8-9H,3-4,7,10-11H2,(H,15,17). The van der Waals surface area contributed by atoms with Gasteiger partial charge in [-0.15, -0.1) is 12.3 Å². The van der Waals surface area contributed by atoms with E-state index in [4.69, 9.17) is 6.42 Å². The van der Waals surface area contributed by atoms with E-state index in [0.717, 1.165) is 12.8 Å². The number of nitrogens with zero attached hydrogens (tertiary/aromatic N) is 1. The highest BCUT2D eigenvalue weighted by molar-refractivity contribution is 5.79. The van der Waals surface area contributed by atoms with Crippen LogP contribution in [0.4, 0.5) is 5.69 Å². The van der Waals surface area contributed by atoms with Crippen LogP contribution in [0, 0.1) is 22.5 Å². The van der Waals surface area contributed by atoms with E-state index in [1.807, 2.05) is 0 Å². The second-order valence-corrected chi connectivity index (χ2v) is 4.07. The summed E-state index contributed by atoms with van der Waals surface area (Å²) in [6.45, 7) is 0.543. The molecule has 0 radical (unpaired) electrons. The van der Waals surface area contributed by atoms with Crippen molar-refractivity contribution in [3.05, 3.63) is 39.9 Å². The molecular formula is C14H16N2O3. The van der Waals surface area contributed by atoms with Crippen LogP contribution in [0.1, 0.15) is 24.8 Å². The number of terminal acetylenes is 1. The van der Waals surface area contributed by atoms with Crippen LogP contribution in [0.5, 0.6) is 0 Å². The number of para-hydroxylation sites is 1. The molecule has 0 saturated heterocycles. The summed E-state index contributed by atoms with van der Waals surface area (Å²) in [4.78, 5) is 22.0. The lowest BCUT2D eigenvalue weighted by Crippen LogP contribution is -2.26. The molecule has 0 atom stereocenters. The molecule has 0 unspecified atom stereocenters. The van der Waals surface area contributed by atoms with Crippen LogP contribution in [0.3, 0.4) is 0 Å². The number of nitro benzene ring substituents is 1. The minimum absolute atomic E-state index is 0.0201. The van der Waals surface area contributed by atoms with E-state index in [1.165, 1.54) is 6.07 Å². The first-order chi connectivity index (χ1) is 9.15. The van der Waals surface area contributed by atoms with Crippen molar-refractivity contribution in [2.24, 2.45) is 0 Å². The summed E-state index contributed by atoms with van der Waals surface area (Å²) >= 11 is 0. The maximum atomic E-state index is 11.6. The predicted octanol–water partition coefficient (Wildman–Crippen LogP) is 2.06. The first-order valence-corrected chi connectivity index (χ1v) is 6.07. The summed E-state index contributed by atoms with van der Waals surface area (Å²) in [7, 11) is 0. The normalized spacial score (nSPS) is 9.63. The summed E-state index contributed by atoms with van der Waals surface area (Å²) < 4.78 is 0. The monoisotopic (exact) mass is 260 g/mol. The predicted molar refractivity (Wildman–Crippen MR) is 72.5 cm³/mol.